The fraction of sp³-hybridized carbons (Fsp3) is 1.00. The van der Waals surface area contributed by atoms with Crippen LogP contribution >= 0.6 is 19.9 Å². The van der Waals surface area contributed by atoms with Crippen LogP contribution in [0.4, 0.5) is 0 Å². The van der Waals surface area contributed by atoms with Gasteiger partial charge in [-0.1, -0.05) is 36.4 Å². The number of rotatable bonds is 1. The lowest BCUT2D eigenvalue weighted by atomic mass is 9.73. The molecule has 3 rings (SSSR count). The first-order valence-corrected chi connectivity index (χ1v) is 10.8. The summed E-state index contributed by atoms with van der Waals surface area (Å²) >= 11 is 0. The van der Waals surface area contributed by atoms with Gasteiger partial charge in [-0.25, -0.2) is 0 Å². The Morgan fingerprint density at radius 2 is 1.06 bits per heavy atom. The van der Waals surface area contributed by atoms with E-state index in [1.807, 2.05) is 0 Å². The normalized spacial score (nSPS) is 47.4. The van der Waals surface area contributed by atoms with Crippen LogP contribution in [-0.2, 0) is 0 Å². The lowest BCUT2D eigenvalue weighted by Gasteiger charge is -2.41. The van der Waals surface area contributed by atoms with Crippen LogP contribution in [-0.4, -0.2) is 17.8 Å². The molecule has 4 unspecified atom stereocenters. The summed E-state index contributed by atoms with van der Waals surface area (Å²) in [5.41, 5.74) is 0. The van der Waals surface area contributed by atoms with Crippen molar-refractivity contribution in [3.8, 4) is 0 Å². The summed E-state index contributed by atoms with van der Waals surface area (Å²) in [6.07, 6.45) is 16.7. The van der Waals surface area contributed by atoms with E-state index in [9.17, 15) is 0 Å². The molecule has 3 aliphatic rings. The molecule has 3 aliphatic carbocycles. The second kappa shape index (κ2) is 4.63. The summed E-state index contributed by atoms with van der Waals surface area (Å²) in [7, 11) is 5.99. The van der Waals surface area contributed by atoms with Gasteiger partial charge >= 0.3 is 0 Å². The molecule has 3 fully saturated rings. The van der Waals surface area contributed by atoms with Crippen molar-refractivity contribution in [2.75, 3.05) is 12.5 Å². The van der Waals surface area contributed by atoms with E-state index in [1.165, 1.54) is 51.4 Å². The molecule has 0 heterocycles. The summed E-state index contributed by atoms with van der Waals surface area (Å²) < 4.78 is 0. The summed E-state index contributed by atoms with van der Waals surface area (Å²) in [6, 6.07) is 0. The van der Waals surface area contributed by atoms with E-state index in [4.69, 9.17) is 10.7 Å². The third kappa shape index (κ3) is 2.16. The third-order valence-electron chi connectivity index (χ3n) is 5.79. The molecule has 2 heteroatoms. The minimum atomic E-state index is -0.871. The van der Waals surface area contributed by atoms with Crippen molar-refractivity contribution in [2.24, 2.45) is 23.7 Å². The van der Waals surface area contributed by atoms with Crippen LogP contribution in [0.3, 0.4) is 0 Å². The quantitative estimate of drug-likeness (QED) is 0.617. The minimum absolute atomic E-state index is 0.871. The average molecular weight is 275 g/mol. The van der Waals surface area contributed by atoms with Crippen molar-refractivity contribution < 1.29 is 0 Å². The Hall–Kier alpha value is 0.640. The zero-order valence-electron chi connectivity index (χ0n) is 11.3. The molecule has 0 N–H and O–H groups in total. The molecule has 0 radical (unpaired) electrons. The van der Waals surface area contributed by atoms with E-state index < -0.39 is 9.24 Å². The van der Waals surface area contributed by atoms with Crippen LogP contribution in [0.2, 0.25) is 0 Å². The lowest BCUT2D eigenvalue weighted by Crippen LogP contribution is -2.28. The summed E-state index contributed by atoms with van der Waals surface area (Å²) in [5.74, 6) is 4.12. The first kappa shape index (κ1) is 12.7. The van der Waals surface area contributed by atoms with Gasteiger partial charge in [0.15, 0.2) is 0 Å². The van der Waals surface area contributed by atoms with Gasteiger partial charge in [-0.15, -0.1) is 0 Å². The molecule has 100 valence electrons. The van der Waals surface area contributed by atoms with Gasteiger partial charge in [0.25, 0.3) is 0 Å². The van der Waals surface area contributed by atoms with Crippen LogP contribution in [0, 0.1) is 23.7 Å². The number of hydrogen-bond acceptors (Lipinski definition) is 0. The van der Waals surface area contributed by atoms with E-state index in [-0.39, 0.29) is 0 Å². The van der Waals surface area contributed by atoms with Gasteiger partial charge in [-0.05, 0) is 61.9 Å². The smallest absolute Gasteiger partial charge is 0.00709 e. The van der Waals surface area contributed by atoms with Crippen molar-refractivity contribution in [3.63, 3.8) is 0 Å². The molecule has 0 aromatic heterocycles. The molecule has 3 saturated carbocycles. The van der Waals surface area contributed by atoms with Gasteiger partial charge in [0.05, 0.1) is 0 Å². The van der Waals surface area contributed by atoms with E-state index in [2.05, 4.69) is 12.5 Å². The van der Waals surface area contributed by atoms with Crippen LogP contribution in [0.1, 0.15) is 51.4 Å². The molecule has 0 nitrogen and oxygen atoms in total. The predicted molar refractivity (Wildman–Crippen MR) is 80.0 cm³/mol. The number of hydrogen-bond donors (Lipinski definition) is 0. The van der Waals surface area contributed by atoms with Crippen LogP contribution < -0.4 is 0 Å². The van der Waals surface area contributed by atoms with E-state index in [1.54, 1.807) is 0 Å². The molecule has 0 bridgehead atoms. The molecular weight excluding hydrogens is 248 g/mol. The van der Waals surface area contributed by atoms with Gasteiger partial charge in [-0.3, -0.25) is 0 Å². The molecular formula is C15H27ClS. The van der Waals surface area contributed by atoms with Gasteiger partial charge < -0.3 is 0 Å². The van der Waals surface area contributed by atoms with Gasteiger partial charge in [0.2, 0.25) is 0 Å². The minimum Gasteiger partial charge on any atom is -0.165 e. The largest absolute Gasteiger partial charge is 0.165 e. The lowest BCUT2D eigenvalue weighted by molar-refractivity contribution is 0.184. The van der Waals surface area contributed by atoms with Gasteiger partial charge in [-0.2, -0.15) is 9.24 Å². The van der Waals surface area contributed by atoms with Crippen molar-refractivity contribution in [3.05, 3.63) is 0 Å². The monoisotopic (exact) mass is 274 g/mol. The Balaban J connectivity index is 1.90. The van der Waals surface area contributed by atoms with Crippen molar-refractivity contribution in [2.45, 2.75) is 56.6 Å². The first-order valence-electron chi connectivity index (χ1n) is 7.51. The van der Waals surface area contributed by atoms with Crippen LogP contribution in [0.15, 0.2) is 0 Å². The molecule has 0 saturated heterocycles. The Morgan fingerprint density at radius 3 is 1.41 bits per heavy atom. The fourth-order valence-electron chi connectivity index (χ4n) is 5.40. The Morgan fingerprint density at radius 1 is 0.706 bits per heavy atom. The highest BCUT2D eigenvalue weighted by Crippen LogP contribution is 2.67. The molecule has 4 atom stereocenters. The van der Waals surface area contributed by atoms with Crippen molar-refractivity contribution in [1.82, 2.24) is 0 Å². The topological polar surface area (TPSA) is 0 Å². The van der Waals surface area contributed by atoms with E-state index in [0.29, 0.717) is 0 Å². The first-order chi connectivity index (χ1) is 8.09. The number of halogens is 1. The van der Waals surface area contributed by atoms with Gasteiger partial charge in [0.1, 0.15) is 0 Å². The maximum absolute atomic E-state index is 6.86. The summed E-state index contributed by atoms with van der Waals surface area (Å²) in [6.45, 7) is 0. The molecule has 0 aliphatic heterocycles. The van der Waals surface area contributed by atoms with E-state index in [0.717, 1.165) is 28.9 Å². The second-order valence-corrected chi connectivity index (χ2v) is 12.5. The Kier molecular flexibility index (Phi) is 3.45. The summed E-state index contributed by atoms with van der Waals surface area (Å²) in [4.78, 5) is 0. The highest BCUT2D eigenvalue weighted by atomic mass is 35.7. The Labute approximate surface area is 113 Å². The highest BCUT2D eigenvalue weighted by molar-refractivity contribution is 8.50. The molecule has 17 heavy (non-hydrogen) atoms. The molecule has 0 spiro atoms. The van der Waals surface area contributed by atoms with Crippen molar-refractivity contribution in [1.29, 1.82) is 0 Å². The second-order valence-electron chi connectivity index (χ2n) is 6.97. The summed E-state index contributed by atoms with van der Waals surface area (Å²) in [5, 5.41) is 0.889. The molecule has 0 aromatic rings. The molecule has 0 amide bonds. The standard InChI is InChI=1S/C15H27ClS/c1-17(2,16)15-13-9-5-3-7-11(13)12-8-4-6-10-14(12)15/h11-15H,3-10H2,1-2H3. The maximum Gasteiger partial charge on any atom is 0.00709 e. The fourth-order valence-corrected chi connectivity index (χ4v) is 8.54. The third-order valence-corrected chi connectivity index (χ3v) is 8.40. The SMILES string of the molecule is CS(C)(Cl)C1C2CCCCC2C2CCCCC21. The zero-order chi connectivity index (χ0) is 12.0. The van der Waals surface area contributed by atoms with Gasteiger partial charge in [0, 0.05) is 5.25 Å². The molecule has 0 aromatic carbocycles. The Bertz CT molecular complexity index is 261. The average Bonchev–Trinajstić information content (AvgIpc) is 2.63. The van der Waals surface area contributed by atoms with E-state index >= 15 is 0 Å². The predicted octanol–water partition coefficient (Wildman–Crippen LogP) is 5.20. The zero-order valence-corrected chi connectivity index (χ0v) is 12.9. The maximum atomic E-state index is 6.86. The number of fused-ring (bicyclic) bond motifs is 3. The van der Waals surface area contributed by atoms with Crippen LogP contribution in [0.25, 0.3) is 0 Å². The van der Waals surface area contributed by atoms with Crippen molar-refractivity contribution >= 4 is 19.9 Å². The highest BCUT2D eigenvalue weighted by Gasteiger charge is 2.53. The van der Waals surface area contributed by atoms with Crippen LogP contribution in [0.5, 0.6) is 0 Å².